The van der Waals surface area contributed by atoms with Crippen molar-refractivity contribution in [3.8, 4) is 0 Å². The number of carbonyl (C=O) groups is 5. The van der Waals surface area contributed by atoms with Crippen molar-refractivity contribution in [1.29, 1.82) is 0 Å². The van der Waals surface area contributed by atoms with Crippen molar-refractivity contribution in [2.45, 2.75) is 88.9 Å². The zero-order valence-electron chi connectivity index (χ0n) is 28.2. The summed E-state index contributed by atoms with van der Waals surface area (Å²) in [5, 5.41) is 13.1. The molecule has 1 aromatic heterocycles. The molecule has 2 aromatic rings. The van der Waals surface area contributed by atoms with E-state index in [1.54, 1.807) is 24.5 Å². The SMILES string of the molecule is CNC(=O)C(=O)[C@H](CC1CC1)NC(=O)[C@@H]1C[C@]2(CC(c3cccc(Cl)c3)=NO2)CN1C(=O)[C@@H](NC(=O)[C@H]1C[C@@H]1c1cccnc1)C(C)(C)C. The van der Waals surface area contributed by atoms with Gasteiger partial charge in [0, 0.05) is 48.8 Å². The number of benzene rings is 1. The van der Waals surface area contributed by atoms with Gasteiger partial charge in [0.25, 0.3) is 5.91 Å². The molecule has 2 aliphatic heterocycles. The van der Waals surface area contributed by atoms with E-state index in [1.807, 2.05) is 45.0 Å². The lowest BCUT2D eigenvalue weighted by Gasteiger charge is -2.35. The van der Waals surface area contributed by atoms with Crippen LogP contribution >= 0.6 is 11.6 Å². The minimum Gasteiger partial charge on any atom is -0.387 e. The molecule has 1 saturated heterocycles. The number of ketones is 1. The summed E-state index contributed by atoms with van der Waals surface area (Å²) in [5.74, 6) is -2.80. The van der Waals surface area contributed by atoms with E-state index in [4.69, 9.17) is 16.4 Å². The van der Waals surface area contributed by atoms with E-state index >= 15 is 0 Å². The largest absolute Gasteiger partial charge is 0.387 e. The van der Waals surface area contributed by atoms with E-state index < -0.39 is 52.6 Å². The summed E-state index contributed by atoms with van der Waals surface area (Å²) < 4.78 is 0. The van der Waals surface area contributed by atoms with Crippen LogP contribution in [0, 0.1) is 17.3 Å². The molecule has 3 fully saturated rings. The van der Waals surface area contributed by atoms with Crippen LogP contribution in [0.3, 0.4) is 0 Å². The van der Waals surface area contributed by atoms with Crippen LogP contribution in [-0.2, 0) is 28.8 Å². The molecule has 3 heterocycles. The van der Waals surface area contributed by atoms with Gasteiger partial charge in [-0.2, -0.15) is 0 Å². The normalized spacial score (nSPS) is 25.5. The summed E-state index contributed by atoms with van der Waals surface area (Å²) >= 11 is 6.25. The molecule has 0 bridgehead atoms. The van der Waals surface area contributed by atoms with Gasteiger partial charge < -0.3 is 25.7 Å². The number of aromatic nitrogens is 1. The molecule has 0 radical (unpaired) electrons. The molecule has 4 amide bonds. The fourth-order valence-electron chi connectivity index (χ4n) is 6.93. The summed E-state index contributed by atoms with van der Waals surface area (Å²) in [6.07, 6.45) is 6.66. The van der Waals surface area contributed by atoms with E-state index in [0.717, 1.165) is 24.0 Å². The number of hydrogen-bond donors (Lipinski definition) is 3. The maximum atomic E-state index is 14.6. The standard InChI is InChI=1S/C36H43ClN6O6/c1-35(2,3)30(41-31(45)25-15-24(25)22-8-6-12-39-18-22)34(48)43-19-36(16-27(42-49-36)21-7-5-9-23(37)14-21)17-28(43)32(46)40-26(13-20-10-11-20)29(44)33(47)38-4/h5-9,12,14,18,20,24-26,28,30H,10-11,13,15-17,19H2,1-4H3,(H,38,47)(H,40,46)(H,41,45)/t24-,25+,26+,28+,30-,36-/m1/s1. The van der Waals surface area contributed by atoms with Gasteiger partial charge >= 0.3 is 0 Å². The Labute approximate surface area is 290 Å². The van der Waals surface area contributed by atoms with Crippen molar-refractivity contribution in [2.75, 3.05) is 13.6 Å². The maximum absolute atomic E-state index is 14.6. The molecule has 2 aliphatic carbocycles. The first-order valence-electron chi connectivity index (χ1n) is 16.9. The van der Waals surface area contributed by atoms with Crippen molar-refractivity contribution >= 4 is 46.7 Å². The molecule has 6 atom stereocenters. The van der Waals surface area contributed by atoms with Crippen molar-refractivity contribution in [2.24, 2.45) is 22.4 Å². The van der Waals surface area contributed by atoms with Gasteiger partial charge in [0.2, 0.25) is 23.5 Å². The highest BCUT2D eigenvalue weighted by atomic mass is 35.5. The number of likely N-dealkylation sites (tertiary alicyclic amines) is 1. The Morgan fingerprint density at radius 2 is 1.86 bits per heavy atom. The number of halogens is 1. The predicted octanol–water partition coefficient (Wildman–Crippen LogP) is 3.13. The van der Waals surface area contributed by atoms with E-state index in [9.17, 15) is 24.0 Å². The van der Waals surface area contributed by atoms with E-state index in [2.05, 4.69) is 26.1 Å². The third-order valence-electron chi connectivity index (χ3n) is 9.97. The topological polar surface area (TPSA) is 159 Å². The summed E-state index contributed by atoms with van der Waals surface area (Å²) in [5.41, 5.74) is 0.627. The number of amides is 4. The molecule has 49 heavy (non-hydrogen) atoms. The third kappa shape index (κ3) is 7.64. The number of nitrogens with zero attached hydrogens (tertiary/aromatic N) is 3. The number of likely N-dealkylation sites (N-methyl/N-ethyl adjacent to an activating group) is 1. The van der Waals surface area contributed by atoms with Crippen LogP contribution in [0.4, 0.5) is 0 Å². The second-order valence-electron chi connectivity index (χ2n) is 14.9. The Hall–Kier alpha value is -4.32. The third-order valence-corrected chi connectivity index (χ3v) is 10.2. The highest BCUT2D eigenvalue weighted by Gasteiger charge is 2.56. The minimum atomic E-state index is -1.05. The fourth-order valence-corrected chi connectivity index (χ4v) is 7.12. The van der Waals surface area contributed by atoms with Gasteiger partial charge in [-0.15, -0.1) is 0 Å². The Bertz CT molecular complexity index is 1670. The molecule has 1 aromatic carbocycles. The van der Waals surface area contributed by atoms with Crippen LogP contribution in [0.2, 0.25) is 5.02 Å². The first-order chi connectivity index (χ1) is 23.3. The van der Waals surface area contributed by atoms with Crippen LogP contribution < -0.4 is 16.0 Å². The highest BCUT2D eigenvalue weighted by molar-refractivity contribution is 6.38. The summed E-state index contributed by atoms with van der Waals surface area (Å²) in [7, 11) is 1.37. The number of pyridine rings is 1. The quantitative estimate of drug-likeness (QED) is 0.306. The smallest absolute Gasteiger partial charge is 0.289 e. The predicted molar refractivity (Wildman–Crippen MR) is 181 cm³/mol. The molecule has 2 saturated carbocycles. The average Bonchev–Trinajstić information content (AvgIpc) is 4.00. The molecular weight excluding hydrogens is 648 g/mol. The molecule has 6 rings (SSSR count). The van der Waals surface area contributed by atoms with Crippen molar-refractivity contribution in [1.82, 2.24) is 25.8 Å². The molecule has 12 nitrogen and oxygen atoms in total. The maximum Gasteiger partial charge on any atom is 0.289 e. The van der Waals surface area contributed by atoms with Gasteiger partial charge in [-0.05, 0) is 53.9 Å². The summed E-state index contributed by atoms with van der Waals surface area (Å²) in [4.78, 5) is 79.4. The van der Waals surface area contributed by atoms with Gasteiger partial charge in [-0.3, -0.25) is 29.0 Å². The molecule has 0 unspecified atom stereocenters. The molecule has 3 N–H and O–H groups in total. The molecule has 260 valence electrons. The first kappa shape index (κ1) is 34.5. The second kappa shape index (κ2) is 13.5. The monoisotopic (exact) mass is 690 g/mol. The minimum absolute atomic E-state index is 0.0215. The van der Waals surface area contributed by atoms with E-state index in [1.165, 1.54) is 11.9 Å². The van der Waals surface area contributed by atoms with Crippen LogP contribution in [0.15, 0.2) is 53.9 Å². The Morgan fingerprint density at radius 3 is 2.51 bits per heavy atom. The van der Waals surface area contributed by atoms with E-state index in [-0.39, 0.29) is 36.6 Å². The number of hydrogen-bond acceptors (Lipinski definition) is 8. The van der Waals surface area contributed by atoms with Gasteiger partial charge in [-0.25, -0.2) is 0 Å². The van der Waals surface area contributed by atoms with Crippen LogP contribution in [0.1, 0.15) is 76.3 Å². The Balaban J connectivity index is 1.25. The number of rotatable bonds is 11. The lowest BCUT2D eigenvalue weighted by atomic mass is 9.85. The van der Waals surface area contributed by atoms with Gasteiger partial charge in [0.05, 0.1) is 18.3 Å². The number of oxime groups is 1. The van der Waals surface area contributed by atoms with Crippen molar-refractivity contribution in [3.63, 3.8) is 0 Å². The summed E-state index contributed by atoms with van der Waals surface area (Å²) in [6.45, 7) is 5.62. The average molecular weight is 691 g/mol. The number of carbonyl (C=O) groups excluding carboxylic acids is 5. The Morgan fingerprint density at radius 1 is 1.08 bits per heavy atom. The highest BCUT2D eigenvalue weighted by Crippen LogP contribution is 2.48. The van der Waals surface area contributed by atoms with Crippen LogP contribution in [-0.4, -0.2) is 82.3 Å². The van der Waals surface area contributed by atoms with E-state index in [0.29, 0.717) is 30.0 Å². The number of nitrogens with one attached hydrogen (secondary N) is 3. The molecular formula is C36H43ClN6O6. The number of Topliss-reactive ketones (excluding diaryl/α,β-unsaturated/α-hetero) is 1. The van der Waals surface area contributed by atoms with Crippen molar-refractivity contribution in [3.05, 3.63) is 64.9 Å². The molecule has 13 heteroatoms. The zero-order chi connectivity index (χ0) is 35.1. The molecule has 4 aliphatic rings. The lowest BCUT2D eigenvalue weighted by molar-refractivity contribution is -0.145. The summed E-state index contributed by atoms with van der Waals surface area (Å²) in [6, 6.07) is 7.94. The zero-order valence-corrected chi connectivity index (χ0v) is 29.0. The van der Waals surface area contributed by atoms with Crippen LogP contribution in [0.5, 0.6) is 0 Å². The van der Waals surface area contributed by atoms with Crippen molar-refractivity contribution < 1.29 is 28.8 Å². The van der Waals surface area contributed by atoms with Crippen LogP contribution in [0.25, 0.3) is 0 Å². The molecule has 1 spiro atoms. The lowest BCUT2D eigenvalue weighted by Crippen LogP contribution is -2.59. The first-order valence-corrected chi connectivity index (χ1v) is 17.2. The van der Waals surface area contributed by atoms with Gasteiger partial charge in [0.1, 0.15) is 12.1 Å². The van der Waals surface area contributed by atoms with Gasteiger partial charge in [0.15, 0.2) is 5.60 Å². The fraction of sp³-hybridized carbons (Fsp3) is 0.528. The Kier molecular flexibility index (Phi) is 9.54. The van der Waals surface area contributed by atoms with Gasteiger partial charge in [-0.1, -0.05) is 68.6 Å². The second-order valence-corrected chi connectivity index (χ2v) is 15.3.